The number of nitro groups is 1. The lowest BCUT2D eigenvalue weighted by Crippen LogP contribution is -2.31. The Morgan fingerprint density at radius 1 is 1.24 bits per heavy atom. The van der Waals surface area contributed by atoms with Crippen LogP contribution in [0.15, 0.2) is 66.6 Å². The molecule has 1 aromatic heterocycles. The largest absolute Gasteiger partial charge is 0.480 e. The number of nitrogens with zero attached hydrogens (tertiary/aromatic N) is 4. The summed E-state index contributed by atoms with van der Waals surface area (Å²) in [5.41, 5.74) is 2.66. The number of hydrogen-bond donors (Lipinski definition) is 1. The number of amides is 1. The van der Waals surface area contributed by atoms with Crippen molar-refractivity contribution in [1.29, 1.82) is 0 Å². The SMILES string of the molecule is C=CCN(Cc1ccc(C(=O)N(C)CC(=O)O)cc1)c1nc(-c2cccc([N+](=O)[O-])c2)cs1. The van der Waals surface area contributed by atoms with Gasteiger partial charge >= 0.3 is 5.97 Å². The molecule has 1 amide bonds. The number of rotatable bonds is 10. The molecule has 1 heterocycles. The summed E-state index contributed by atoms with van der Waals surface area (Å²) >= 11 is 1.42. The molecule has 0 fully saturated rings. The molecular formula is C23H22N4O5S. The minimum Gasteiger partial charge on any atom is -0.480 e. The Labute approximate surface area is 194 Å². The molecule has 1 N–H and O–H groups in total. The quantitative estimate of drug-likeness (QED) is 0.272. The van der Waals surface area contributed by atoms with Gasteiger partial charge in [-0.2, -0.15) is 0 Å². The molecule has 3 rings (SSSR count). The lowest BCUT2D eigenvalue weighted by Gasteiger charge is -2.20. The molecule has 0 aliphatic carbocycles. The number of carbonyl (C=O) groups is 2. The molecule has 0 unspecified atom stereocenters. The van der Waals surface area contributed by atoms with Crippen molar-refractivity contribution < 1.29 is 19.6 Å². The standard InChI is InChI=1S/C23H22N4O5S/c1-3-11-26(13-16-7-9-17(10-8-16)22(30)25(2)14-21(28)29)23-24-20(15-33-23)18-5-4-6-19(12-18)27(31)32/h3-10,12,15H,1,11,13-14H2,2H3,(H,28,29). The van der Waals surface area contributed by atoms with E-state index in [9.17, 15) is 19.7 Å². The van der Waals surface area contributed by atoms with Crippen molar-refractivity contribution in [2.45, 2.75) is 6.54 Å². The van der Waals surface area contributed by atoms with Crippen LogP contribution in [0.25, 0.3) is 11.3 Å². The van der Waals surface area contributed by atoms with Crippen LogP contribution < -0.4 is 4.90 Å². The summed E-state index contributed by atoms with van der Waals surface area (Å²) in [6, 6.07) is 13.3. The first kappa shape index (κ1) is 23.6. The molecule has 0 atom stereocenters. The average molecular weight is 467 g/mol. The van der Waals surface area contributed by atoms with Gasteiger partial charge in [0.05, 0.1) is 10.6 Å². The number of nitro benzene ring substituents is 1. The maximum Gasteiger partial charge on any atom is 0.323 e. The molecule has 0 saturated carbocycles. The summed E-state index contributed by atoms with van der Waals surface area (Å²) in [4.78, 5) is 41.6. The van der Waals surface area contributed by atoms with E-state index in [0.717, 1.165) is 15.6 Å². The Balaban J connectivity index is 1.76. The zero-order valence-electron chi connectivity index (χ0n) is 17.9. The summed E-state index contributed by atoms with van der Waals surface area (Å²) in [5.74, 6) is -1.44. The topological polar surface area (TPSA) is 117 Å². The van der Waals surface area contributed by atoms with E-state index in [-0.39, 0.29) is 18.1 Å². The van der Waals surface area contributed by atoms with Gasteiger partial charge in [0.1, 0.15) is 6.54 Å². The fourth-order valence-electron chi connectivity index (χ4n) is 3.16. The Hall–Kier alpha value is -4.05. The molecule has 170 valence electrons. The van der Waals surface area contributed by atoms with Crippen LogP contribution in [-0.2, 0) is 11.3 Å². The number of thiazole rings is 1. The number of benzene rings is 2. The molecule has 0 saturated heterocycles. The van der Waals surface area contributed by atoms with Crippen molar-refractivity contribution in [3.63, 3.8) is 0 Å². The van der Waals surface area contributed by atoms with Crippen LogP contribution in [0.3, 0.4) is 0 Å². The van der Waals surface area contributed by atoms with Gasteiger partial charge in [-0.15, -0.1) is 17.9 Å². The fraction of sp³-hybridized carbons (Fsp3) is 0.174. The highest BCUT2D eigenvalue weighted by atomic mass is 32.1. The van der Waals surface area contributed by atoms with Crippen molar-refractivity contribution >= 4 is 34.0 Å². The second-order valence-corrected chi connectivity index (χ2v) is 8.08. The summed E-state index contributed by atoms with van der Waals surface area (Å²) in [6.07, 6.45) is 1.76. The van der Waals surface area contributed by atoms with Crippen molar-refractivity contribution in [2.24, 2.45) is 0 Å². The van der Waals surface area contributed by atoms with Crippen molar-refractivity contribution in [3.05, 3.63) is 87.8 Å². The van der Waals surface area contributed by atoms with E-state index in [2.05, 4.69) is 11.6 Å². The molecule has 0 bridgehead atoms. The highest BCUT2D eigenvalue weighted by Gasteiger charge is 2.16. The second kappa shape index (κ2) is 10.5. The van der Waals surface area contributed by atoms with Crippen LogP contribution >= 0.6 is 11.3 Å². The molecule has 0 aliphatic rings. The molecular weight excluding hydrogens is 444 g/mol. The predicted molar refractivity (Wildman–Crippen MR) is 126 cm³/mol. The van der Waals surface area contributed by atoms with Gasteiger partial charge in [-0.05, 0) is 17.7 Å². The zero-order chi connectivity index (χ0) is 24.0. The van der Waals surface area contributed by atoms with Gasteiger partial charge in [0.25, 0.3) is 11.6 Å². The fourth-order valence-corrected chi connectivity index (χ4v) is 4.00. The number of hydrogen-bond acceptors (Lipinski definition) is 7. The van der Waals surface area contributed by atoms with Crippen LogP contribution in [0.5, 0.6) is 0 Å². The summed E-state index contributed by atoms with van der Waals surface area (Å²) in [7, 11) is 1.44. The summed E-state index contributed by atoms with van der Waals surface area (Å²) in [6.45, 7) is 4.47. The molecule has 9 nitrogen and oxygen atoms in total. The maximum atomic E-state index is 12.3. The number of aliphatic carboxylic acids is 1. The first-order valence-corrected chi connectivity index (χ1v) is 10.8. The van der Waals surface area contributed by atoms with Gasteiger partial charge in [0.2, 0.25) is 0 Å². The van der Waals surface area contributed by atoms with Crippen LogP contribution in [0.2, 0.25) is 0 Å². The molecule has 0 radical (unpaired) electrons. The van der Waals surface area contributed by atoms with Crippen molar-refractivity contribution in [1.82, 2.24) is 9.88 Å². The monoisotopic (exact) mass is 466 g/mol. The van der Waals surface area contributed by atoms with E-state index in [1.165, 1.54) is 30.5 Å². The van der Waals surface area contributed by atoms with E-state index in [1.807, 2.05) is 22.4 Å². The first-order chi connectivity index (χ1) is 15.8. The Morgan fingerprint density at radius 2 is 1.97 bits per heavy atom. The number of carbonyl (C=O) groups excluding carboxylic acids is 1. The molecule has 0 aliphatic heterocycles. The van der Waals surface area contributed by atoms with Gasteiger partial charge in [0.15, 0.2) is 5.13 Å². The van der Waals surface area contributed by atoms with Crippen LogP contribution in [0, 0.1) is 10.1 Å². The molecule has 0 spiro atoms. The van der Waals surface area contributed by atoms with Gasteiger partial charge in [0, 0.05) is 48.8 Å². The number of carboxylic acid groups (broad SMARTS) is 1. The molecule has 2 aromatic carbocycles. The van der Waals surface area contributed by atoms with E-state index in [0.29, 0.717) is 29.9 Å². The number of likely N-dealkylation sites (N-methyl/N-ethyl adjacent to an activating group) is 1. The predicted octanol–water partition coefficient (Wildman–Crippen LogP) is 4.07. The Kier molecular flexibility index (Phi) is 7.52. The van der Waals surface area contributed by atoms with Gasteiger partial charge < -0.3 is 14.9 Å². The number of aromatic nitrogens is 1. The van der Waals surface area contributed by atoms with Crippen LogP contribution in [0.4, 0.5) is 10.8 Å². The third-order valence-electron chi connectivity index (χ3n) is 4.76. The zero-order valence-corrected chi connectivity index (χ0v) is 18.7. The normalized spacial score (nSPS) is 10.5. The third kappa shape index (κ3) is 6.01. The lowest BCUT2D eigenvalue weighted by molar-refractivity contribution is -0.384. The number of non-ortho nitro benzene ring substituents is 1. The van der Waals surface area contributed by atoms with Gasteiger partial charge in [-0.3, -0.25) is 19.7 Å². The van der Waals surface area contributed by atoms with Gasteiger partial charge in [-0.1, -0.05) is 30.3 Å². The molecule has 33 heavy (non-hydrogen) atoms. The second-order valence-electron chi connectivity index (χ2n) is 7.24. The molecule has 3 aromatic rings. The summed E-state index contributed by atoms with van der Waals surface area (Å²) in [5, 5.41) is 22.5. The van der Waals surface area contributed by atoms with Crippen LogP contribution in [0.1, 0.15) is 15.9 Å². The minimum absolute atomic E-state index is 0.00799. The Morgan fingerprint density at radius 3 is 2.61 bits per heavy atom. The average Bonchev–Trinajstić information content (AvgIpc) is 3.29. The first-order valence-electron chi connectivity index (χ1n) is 9.91. The van der Waals surface area contributed by atoms with Gasteiger partial charge in [-0.25, -0.2) is 4.98 Å². The number of anilines is 1. The Bertz CT molecular complexity index is 1180. The van der Waals surface area contributed by atoms with E-state index >= 15 is 0 Å². The maximum absolute atomic E-state index is 12.3. The third-order valence-corrected chi connectivity index (χ3v) is 5.66. The smallest absolute Gasteiger partial charge is 0.323 e. The molecule has 10 heteroatoms. The van der Waals surface area contributed by atoms with Crippen LogP contribution in [-0.4, -0.2) is 51.9 Å². The van der Waals surface area contributed by atoms with E-state index in [4.69, 9.17) is 5.11 Å². The lowest BCUT2D eigenvalue weighted by atomic mass is 10.1. The summed E-state index contributed by atoms with van der Waals surface area (Å²) < 4.78 is 0. The van der Waals surface area contributed by atoms with Crippen molar-refractivity contribution in [2.75, 3.05) is 25.0 Å². The van der Waals surface area contributed by atoms with E-state index < -0.39 is 10.9 Å². The minimum atomic E-state index is -1.07. The number of carboxylic acids is 1. The van der Waals surface area contributed by atoms with E-state index in [1.54, 1.807) is 30.3 Å². The highest BCUT2D eigenvalue weighted by Crippen LogP contribution is 2.30. The highest BCUT2D eigenvalue weighted by molar-refractivity contribution is 7.14. The van der Waals surface area contributed by atoms with Crippen molar-refractivity contribution in [3.8, 4) is 11.3 Å².